The van der Waals surface area contributed by atoms with Crippen LogP contribution in [0.2, 0.25) is 0 Å². The van der Waals surface area contributed by atoms with Crippen LogP contribution < -0.4 is 10.7 Å². The molecular weight excluding hydrogens is 510 g/mol. The van der Waals surface area contributed by atoms with E-state index in [1.165, 1.54) is 12.1 Å². The van der Waals surface area contributed by atoms with Crippen LogP contribution in [-0.2, 0) is 31.5 Å². The van der Waals surface area contributed by atoms with E-state index in [1.54, 1.807) is 6.92 Å². The van der Waals surface area contributed by atoms with Gasteiger partial charge < -0.3 is 10.1 Å². The number of hydrogen-bond donors (Lipinski definition) is 2. The van der Waals surface area contributed by atoms with Gasteiger partial charge in [0.25, 0.3) is 0 Å². The number of ether oxygens (including phenoxy) is 1. The summed E-state index contributed by atoms with van der Waals surface area (Å²) in [6, 6.07) is 3.80. The van der Waals surface area contributed by atoms with E-state index in [0.29, 0.717) is 37.6 Å². The van der Waals surface area contributed by atoms with Crippen molar-refractivity contribution in [3.05, 3.63) is 47.8 Å². The van der Waals surface area contributed by atoms with Crippen molar-refractivity contribution in [1.29, 1.82) is 0 Å². The fourth-order valence-electron chi connectivity index (χ4n) is 3.89. The predicted octanol–water partition coefficient (Wildman–Crippen LogP) is 4.17. The molecule has 1 aromatic carbocycles. The molecule has 14 heteroatoms. The Morgan fingerprint density at radius 1 is 1.05 bits per heavy atom. The molecule has 2 heterocycles. The summed E-state index contributed by atoms with van der Waals surface area (Å²) in [7, 11) is 1.20. The van der Waals surface area contributed by atoms with Gasteiger partial charge in [-0.1, -0.05) is 6.07 Å². The predicted molar refractivity (Wildman–Crippen MR) is 117 cm³/mol. The van der Waals surface area contributed by atoms with E-state index in [2.05, 4.69) is 15.7 Å². The average molecular weight is 532 g/mol. The van der Waals surface area contributed by atoms with Crippen molar-refractivity contribution >= 4 is 23.5 Å². The number of pyridine rings is 1. The smallest absolute Gasteiger partial charge is 0.433 e. The van der Waals surface area contributed by atoms with Gasteiger partial charge in [0.05, 0.1) is 12.7 Å². The number of hydrogen-bond acceptors (Lipinski definition) is 6. The molecule has 1 saturated heterocycles. The molecule has 1 unspecified atom stereocenters. The molecule has 1 atom stereocenters. The van der Waals surface area contributed by atoms with Crippen LogP contribution in [-0.4, -0.2) is 47.0 Å². The van der Waals surface area contributed by atoms with Gasteiger partial charge in [-0.05, 0) is 44.0 Å². The fourth-order valence-corrected chi connectivity index (χ4v) is 3.89. The molecule has 0 aliphatic carbocycles. The third-order valence-corrected chi connectivity index (χ3v) is 5.83. The van der Waals surface area contributed by atoms with Crippen molar-refractivity contribution in [2.75, 3.05) is 19.0 Å². The lowest BCUT2D eigenvalue weighted by Gasteiger charge is -2.32. The van der Waals surface area contributed by atoms with Crippen LogP contribution in [0.1, 0.15) is 37.4 Å². The SMILES string of the molecule is COC(=O)C1(C)CCCN1NC(=O)CC(=O)Nc1ccc(C(F)(F)F)cc1-c1ccc(C(F)(F)F)nc1. The monoisotopic (exact) mass is 532 g/mol. The second-order valence-corrected chi connectivity index (χ2v) is 8.47. The van der Waals surface area contributed by atoms with Crippen LogP contribution in [0.5, 0.6) is 0 Å². The number of amides is 2. The Morgan fingerprint density at radius 3 is 2.32 bits per heavy atom. The van der Waals surface area contributed by atoms with E-state index in [4.69, 9.17) is 4.74 Å². The lowest BCUT2D eigenvalue weighted by atomic mass is 10.0. The molecule has 1 aromatic heterocycles. The maximum absolute atomic E-state index is 13.3. The highest BCUT2D eigenvalue weighted by molar-refractivity contribution is 6.05. The number of alkyl halides is 6. The number of nitrogens with one attached hydrogen (secondary N) is 2. The Labute approximate surface area is 207 Å². The van der Waals surface area contributed by atoms with Crippen molar-refractivity contribution < 1.29 is 45.5 Å². The zero-order valence-electron chi connectivity index (χ0n) is 19.6. The number of nitrogens with zero attached hydrogens (tertiary/aromatic N) is 2. The number of aromatic nitrogens is 1. The molecule has 1 fully saturated rings. The van der Waals surface area contributed by atoms with Crippen molar-refractivity contribution in [2.45, 2.75) is 44.1 Å². The standard InChI is InChI=1S/C23H22F6N4O4/c1-21(20(36)37-2)8-3-9-33(21)32-19(35)11-18(34)31-16-6-5-14(22(24,25)26)10-15(16)13-4-7-17(30-12-13)23(27,28)29/h4-7,10,12H,3,8-9,11H2,1-2H3,(H,31,34)(H,32,35). The molecule has 37 heavy (non-hydrogen) atoms. The van der Waals surface area contributed by atoms with Crippen molar-refractivity contribution in [2.24, 2.45) is 0 Å². The summed E-state index contributed by atoms with van der Waals surface area (Å²) in [6.45, 7) is 1.89. The maximum atomic E-state index is 13.3. The fraction of sp³-hybridized carbons (Fsp3) is 0.391. The summed E-state index contributed by atoms with van der Waals surface area (Å²) in [4.78, 5) is 40.3. The quantitative estimate of drug-likeness (QED) is 0.329. The molecule has 2 aromatic rings. The van der Waals surface area contributed by atoms with Crippen molar-refractivity contribution in [1.82, 2.24) is 15.4 Å². The number of halogens is 6. The van der Waals surface area contributed by atoms with Crippen LogP contribution >= 0.6 is 0 Å². The van der Waals surface area contributed by atoms with Crippen LogP contribution in [0.4, 0.5) is 32.0 Å². The number of hydrazine groups is 1. The van der Waals surface area contributed by atoms with Gasteiger partial charge in [0.2, 0.25) is 11.8 Å². The topological polar surface area (TPSA) is 101 Å². The molecule has 0 radical (unpaired) electrons. The highest BCUT2D eigenvalue weighted by atomic mass is 19.4. The normalized spacial score (nSPS) is 18.4. The number of carbonyl (C=O) groups excluding carboxylic acids is 3. The molecule has 1 aliphatic rings. The lowest BCUT2D eigenvalue weighted by molar-refractivity contribution is -0.155. The first-order chi connectivity index (χ1) is 17.1. The van der Waals surface area contributed by atoms with Crippen LogP contribution in [0.3, 0.4) is 0 Å². The molecular formula is C23H22F6N4O4. The molecule has 2 amide bonds. The highest BCUT2D eigenvalue weighted by Gasteiger charge is 2.45. The highest BCUT2D eigenvalue weighted by Crippen LogP contribution is 2.37. The van der Waals surface area contributed by atoms with Crippen LogP contribution in [0.25, 0.3) is 11.1 Å². The zero-order valence-corrected chi connectivity index (χ0v) is 19.6. The van der Waals surface area contributed by atoms with E-state index >= 15 is 0 Å². The van der Waals surface area contributed by atoms with Gasteiger partial charge in [-0.15, -0.1) is 0 Å². The van der Waals surface area contributed by atoms with Gasteiger partial charge in [0.1, 0.15) is 17.7 Å². The second kappa shape index (κ2) is 10.4. The molecule has 0 saturated carbocycles. The van der Waals surface area contributed by atoms with Crippen LogP contribution in [0.15, 0.2) is 36.5 Å². The largest absolute Gasteiger partial charge is 0.468 e. The van der Waals surface area contributed by atoms with Gasteiger partial charge in [-0.25, -0.2) is 9.80 Å². The first-order valence-corrected chi connectivity index (χ1v) is 10.9. The lowest BCUT2D eigenvalue weighted by Crippen LogP contribution is -2.56. The Hall–Kier alpha value is -3.68. The Balaban J connectivity index is 1.80. The van der Waals surface area contributed by atoms with E-state index in [0.717, 1.165) is 18.3 Å². The minimum atomic E-state index is -4.77. The molecule has 2 N–H and O–H groups in total. The summed E-state index contributed by atoms with van der Waals surface area (Å²) in [5, 5.41) is 3.67. The van der Waals surface area contributed by atoms with Crippen molar-refractivity contribution in [3.63, 3.8) is 0 Å². The van der Waals surface area contributed by atoms with Gasteiger partial charge in [-0.3, -0.25) is 20.0 Å². The average Bonchev–Trinajstić information content (AvgIpc) is 3.18. The number of methoxy groups -OCH3 is 1. The molecule has 1 aliphatic heterocycles. The molecule has 0 bridgehead atoms. The van der Waals surface area contributed by atoms with Gasteiger partial charge in [0, 0.05) is 29.6 Å². The summed E-state index contributed by atoms with van der Waals surface area (Å²) in [6.07, 6.45) is -8.55. The Kier molecular flexibility index (Phi) is 7.81. The van der Waals surface area contributed by atoms with Crippen LogP contribution in [0, 0.1) is 0 Å². The van der Waals surface area contributed by atoms with E-state index < -0.39 is 53.4 Å². The Morgan fingerprint density at radius 2 is 1.76 bits per heavy atom. The number of rotatable bonds is 6. The minimum Gasteiger partial charge on any atom is -0.468 e. The third kappa shape index (κ3) is 6.37. The summed E-state index contributed by atoms with van der Waals surface area (Å²) >= 11 is 0. The van der Waals surface area contributed by atoms with Gasteiger partial charge >= 0.3 is 18.3 Å². The second-order valence-electron chi connectivity index (χ2n) is 8.47. The molecule has 3 rings (SSSR count). The van der Waals surface area contributed by atoms with Gasteiger partial charge in [-0.2, -0.15) is 26.3 Å². The molecule has 200 valence electrons. The minimum absolute atomic E-state index is 0.121. The van der Waals surface area contributed by atoms with E-state index in [9.17, 15) is 40.7 Å². The van der Waals surface area contributed by atoms with Gasteiger partial charge in [0.15, 0.2) is 0 Å². The molecule has 0 spiro atoms. The summed E-state index contributed by atoms with van der Waals surface area (Å²) in [5.41, 5.74) is -1.55. The number of carbonyl (C=O) groups is 3. The third-order valence-electron chi connectivity index (χ3n) is 5.83. The maximum Gasteiger partial charge on any atom is 0.433 e. The number of benzene rings is 1. The summed E-state index contributed by atoms with van der Waals surface area (Å²) < 4.78 is 83.1. The molecule has 8 nitrogen and oxygen atoms in total. The first-order valence-electron chi connectivity index (χ1n) is 10.9. The Bertz CT molecular complexity index is 1180. The number of anilines is 1. The number of esters is 1. The zero-order chi connectivity index (χ0) is 27.6. The van der Waals surface area contributed by atoms with Crippen molar-refractivity contribution in [3.8, 4) is 11.1 Å². The summed E-state index contributed by atoms with van der Waals surface area (Å²) in [5.74, 6) is -2.27. The first kappa shape index (κ1) is 27.9. The van der Waals surface area contributed by atoms with E-state index in [1.807, 2.05) is 0 Å². The van der Waals surface area contributed by atoms with E-state index in [-0.39, 0.29) is 16.8 Å².